The fourth-order valence-electron chi connectivity index (χ4n) is 2.29. The zero-order valence-electron chi connectivity index (χ0n) is 13.4. The molecule has 0 heterocycles. The van der Waals surface area contributed by atoms with Gasteiger partial charge in [0.2, 0.25) is 0 Å². The first-order chi connectivity index (χ1) is 10.6. The van der Waals surface area contributed by atoms with E-state index in [-0.39, 0.29) is 5.91 Å². The Labute approximate surface area is 131 Å². The summed E-state index contributed by atoms with van der Waals surface area (Å²) >= 11 is 0. The number of carbonyl (C=O) groups excluding carboxylic acids is 1. The average Bonchev–Trinajstić information content (AvgIpc) is 2.55. The van der Waals surface area contributed by atoms with E-state index in [1.54, 1.807) is 44.4 Å². The maximum Gasteiger partial charge on any atom is 0.261 e. The molecule has 4 nitrogen and oxygen atoms in total. The molecule has 0 unspecified atom stereocenters. The van der Waals surface area contributed by atoms with Crippen molar-refractivity contribution in [2.75, 3.05) is 21.3 Å². The molecule has 2 aromatic rings. The van der Waals surface area contributed by atoms with Crippen LogP contribution < -0.4 is 9.47 Å². The van der Waals surface area contributed by atoms with Crippen LogP contribution in [0.25, 0.3) is 0 Å². The third kappa shape index (κ3) is 3.39. The van der Waals surface area contributed by atoms with Crippen molar-refractivity contribution in [2.45, 2.75) is 13.5 Å². The minimum Gasteiger partial charge on any atom is -0.496 e. The standard InChI is InChI=1S/C18H21NO3/c1-13-8-10-14(11-9-13)12-19(2)18(20)17-15(21-3)6-5-7-16(17)22-4/h5-11H,12H2,1-4H3. The second-order valence-corrected chi connectivity index (χ2v) is 5.18. The van der Waals surface area contributed by atoms with E-state index < -0.39 is 0 Å². The van der Waals surface area contributed by atoms with Crippen LogP contribution in [0.3, 0.4) is 0 Å². The Hall–Kier alpha value is -2.49. The number of carbonyl (C=O) groups is 1. The summed E-state index contributed by atoms with van der Waals surface area (Å²) in [5.41, 5.74) is 2.72. The predicted molar refractivity (Wildman–Crippen MR) is 86.5 cm³/mol. The molecule has 4 heteroatoms. The van der Waals surface area contributed by atoms with Crippen LogP contribution in [0.5, 0.6) is 11.5 Å². The normalized spacial score (nSPS) is 10.2. The number of rotatable bonds is 5. The lowest BCUT2D eigenvalue weighted by Crippen LogP contribution is -2.27. The van der Waals surface area contributed by atoms with Gasteiger partial charge in [-0.2, -0.15) is 0 Å². The van der Waals surface area contributed by atoms with Crippen molar-refractivity contribution in [3.05, 3.63) is 59.2 Å². The Balaban J connectivity index is 2.25. The van der Waals surface area contributed by atoms with Crippen molar-refractivity contribution in [3.63, 3.8) is 0 Å². The highest BCUT2D eigenvalue weighted by Crippen LogP contribution is 2.29. The van der Waals surface area contributed by atoms with Crippen molar-refractivity contribution in [1.29, 1.82) is 0 Å². The van der Waals surface area contributed by atoms with E-state index in [9.17, 15) is 4.79 Å². The lowest BCUT2D eigenvalue weighted by molar-refractivity contribution is 0.0778. The highest BCUT2D eigenvalue weighted by atomic mass is 16.5. The lowest BCUT2D eigenvalue weighted by Gasteiger charge is -2.20. The first kappa shape index (κ1) is 15.9. The van der Waals surface area contributed by atoms with Crippen LogP contribution in [-0.2, 0) is 6.54 Å². The molecule has 0 fully saturated rings. The molecular weight excluding hydrogens is 278 g/mol. The number of hydrogen-bond acceptors (Lipinski definition) is 3. The molecule has 116 valence electrons. The summed E-state index contributed by atoms with van der Waals surface area (Å²) in [7, 11) is 4.87. The largest absolute Gasteiger partial charge is 0.496 e. The van der Waals surface area contributed by atoms with Crippen LogP contribution in [0.15, 0.2) is 42.5 Å². The molecular formula is C18H21NO3. The maximum absolute atomic E-state index is 12.7. The maximum atomic E-state index is 12.7. The van der Waals surface area contributed by atoms with Gasteiger partial charge in [-0.05, 0) is 24.6 Å². The fourth-order valence-corrected chi connectivity index (χ4v) is 2.29. The molecule has 0 saturated carbocycles. The molecule has 0 spiro atoms. The molecule has 0 N–H and O–H groups in total. The Morgan fingerprint density at radius 3 is 2.05 bits per heavy atom. The lowest BCUT2D eigenvalue weighted by atomic mass is 10.1. The molecule has 22 heavy (non-hydrogen) atoms. The molecule has 2 rings (SSSR count). The van der Waals surface area contributed by atoms with Crippen LogP contribution in [-0.4, -0.2) is 32.1 Å². The van der Waals surface area contributed by atoms with Gasteiger partial charge in [-0.15, -0.1) is 0 Å². The molecule has 0 aliphatic rings. The monoisotopic (exact) mass is 299 g/mol. The summed E-state index contributed by atoms with van der Waals surface area (Å²) < 4.78 is 10.6. The number of methoxy groups -OCH3 is 2. The highest BCUT2D eigenvalue weighted by molar-refractivity contribution is 5.99. The van der Waals surface area contributed by atoms with Crippen molar-refractivity contribution >= 4 is 5.91 Å². The van der Waals surface area contributed by atoms with Gasteiger partial charge in [0.1, 0.15) is 17.1 Å². The van der Waals surface area contributed by atoms with Gasteiger partial charge in [-0.1, -0.05) is 35.9 Å². The highest BCUT2D eigenvalue weighted by Gasteiger charge is 2.21. The molecule has 0 saturated heterocycles. The fraction of sp³-hybridized carbons (Fsp3) is 0.278. The zero-order valence-corrected chi connectivity index (χ0v) is 13.4. The van der Waals surface area contributed by atoms with Gasteiger partial charge >= 0.3 is 0 Å². The van der Waals surface area contributed by atoms with Gasteiger partial charge in [-0.25, -0.2) is 0 Å². The van der Waals surface area contributed by atoms with E-state index in [2.05, 4.69) is 0 Å². The van der Waals surface area contributed by atoms with Gasteiger partial charge in [0.05, 0.1) is 14.2 Å². The topological polar surface area (TPSA) is 38.8 Å². The quantitative estimate of drug-likeness (QED) is 0.850. The Morgan fingerprint density at radius 1 is 1.00 bits per heavy atom. The van der Waals surface area contributed by atoms with E-state index in [1.165, 1.54) is 5.56 Å². The molecule has 0 bridgehead atoms. The Kier molecular flexibility index (Phi) is 5.04. The third-order valence-corrected chi connectivity index (χ3v) is 3.53. The molecule has 0 aromatic heterocycles. The Bertz CT molecular complexity index is 628. The molecule has 0 radical (unpaired) electrons. The number of benzene rings is 2. The SMILES string of the molecule is COc1cccc(OC)c1C(=O)N(C)Cc1ccc(C)cc1. The number of amides is 1. The van der Waals surface area contributed by atoms with Gasteiger partial charge in [0.25, 0.3) is 5.91 Å². The van der Waals surface area contributed by atoms with Crippen molar-refractivity contribution in [1.82, 2.24) is 4.90 Å². The van der Waals surface area contributed by atoms with E-state index >= 15 is 0 Å². The summed E-state index contributed by atoms with van der Waals surface area (Å²) in [4.78, 5) is 14.4. The van der Waals surface area contributed by atoms with Gasteiger partial charge < -0.3 is 14.4 Å². The first-order valence-electron chi connectivity index (χ1n) is 7.08. The van der Waals surface area contributed by atoms with E-state index in [1.807, 2.05) is 31.2 Å². The van der Waals surface area contributed by atoms with Crippen LogP contribution in [0.4, 0.5) is 0 Å². The number of aryl methyl sites for hydroxylation is 1. The van der Waals surface area contributed by atoms with Crippen molar-refractivity contribution in [2.24, 2.45) is 0 Å². The van der Waals surface area contributed by atoms with Gasteiger partial charge in [0.15, 0.2) is 0 Å². The predicted octanol–water partition coefficient (Wildman–Crippen LogP) is 3.28. The van der Waals surface area contributed by atoms with Crippen molar-refractivity contribution < 1.29 is 14.3 Å². The van der Waals surface area contributed by atoms with E-state index in [4.69, 9.17) is 9.47 Å². The van der Waals surface area contributed by atoms with Crippen LogP contribution >= 0.6 is 0 Å². The molecule has 0 aliphatic carbocycles. The molecule has 1 amide bonds. The third-order valence-electron chi connectivity index (χ3n) is 3.53. The van der Waals surface area contributed by atoms with Gasteiger partial charge in [-0.3, -0.25) is 4.79 Å². The number of hydrogen-bond donors (Lipinski definition) is 0. The zero-order chi connectivity index (χ0) is 16.1. The average molecular weight is 299 g/mol. The van der Waals surface area contributed by atoms with Crippen LogP contribution in [0, 0.1) is 6.92 Å². The first-order valence-corrected chi connectivity index (χ1v) is 7.08. The molecule has 2 aromatic carbocycles. The second kappa shape index (κ2) is 6.98. The van der Waals surface area contributed by atoms with Crippen LogP contribution in [0.1, 0.15) is 21.5 Å². The smallest absolute Gasteiger partial charge is 0.261 e. The van der Waals surface area contributed by atoms with E-state index in [0.717, 1.165) is 5.56 Å². The number of nitrogens with zero attached hydrogens (tertiary/aromatic N) is 1. The summed E-state index contributed by atoms with van der Waals surface area (Å²) in [5, 5.41) is 0. The summed E-state index contributed by atoms with van der Waals surface area (Å²) in [6, 6.07) is 13.4. The summed E-state index contributed by atoms with van der Waals surface area (Å²) in [6.45, 7) is 2.57. The van der Waals surface area contributed by atoms with Crippen molar-refractivity contribution in [3.8, 4) is 11.5 Å². The second-order valence-electron chi connectivity index (χ2n) is 5.18. The summed E-state index contributed by atoms with van der Waals surface area (Å²) in [5.74, 6) is 0.898. The van der Waals surface area contributed by atoms with E-state index in [0.29, 0.717) is 23.6 Å². The number of ether oxygens (including phenoxy) is 2. The van der Waals surface area contributed by atoms with Gasteiger partial charge in [0, 0.05) is 13.6 Å². The summed E-state index contributed by atoms with van der Waals surface area (Å²) in [6.07, 6.45) is 0. The Morgan fingerprint density at radius 2 is 1.55 bits per heavy atom. The minimum absolute atomic E-state index is 0.130. The van der Waals surface area contributed by atoms with Crippen LogP contribution in [0.2, 0.25) is 0 Å². The minimum atomic E-state index is -0.130. The molecule has 0 atom stereocenters. The molecule has 0 aliphatic heterocycles.